The molecule has 164 valence electrons. The highest BCUT2D eigenvalue weighted by molar-refractivity contribution is 5.94. The van der Waals surface area contributed by atoms with Gasteiger partial charge >= 0.3 is 0 Å². The van der Waals surface area contributed by atoms with Crippen LogP contribution in [0.15, 0.2) is 61.4 Å². The van der Waals surface area contributed by atoms with Gasteiger partial charge in [0.2, 0.25) is 5.91 Å². The summed E-state index contributed by atoms with van der Waals surface area (Å²) in [5.41, 5.74) is 4.61. The number of para-hydroxylation sites is 1. The molecule has 0 saturated carbocycles. The molecule has 0 bridgehead atoms. The molecule has 0 aliphatic carbocycles. The van der Waals surface area contributed by atoms with Crippen LogP contribution in [-0.2, 0) is 17.8 Å². The lowest BCUT2D eigenvalue weighted by atomic mass is 10.0. The number of aryl methyl sites for hydroxylation is 4. The quantitative estimate of drug-likeness (QED) is 0.364. The van der Waals surface area contributed by atoms with Crippen molar-refractivity contribution < 1.29 is 4.79 Å². The molecule has 31 heavy (non-hydrogen) atoms. The SMILES string of the molecule is Cc1cccc(C)c1N(CCCCCCn1ccnc1)C(=O)CCCc1cccnc1. The maximum Gasteiger partial charge on any atom is 0.227 e. The van der Waals surface area contributed by atoms with E-state index in [2.05, 4.69) is 52.6 Å². The Balaban J connectivity index is 1.53. The summed E-state index contributed by atoms with van der Waals surface area (Å²) in [5, 5.41) is 0. The summed E-state index contributed by atoms with van der Waals surface area (Å²) < 4.78 is 2.12. The van der Waals surface area contributed by atoms with Crippen molar-refractivity contribution in [3.8, 4) is 0 Å². The first-order chi connectivity index (χ1) is 15.1. The third-order valence-electron chi connectivity index (χ3n) is 5.70. The average Bonchev–Trinajstić information content (AvgIpc) is 3.29. The Bertz CT molecular complexity index is 902. The number of benzene rings is 1. The van der Waals surface area contributed by atoms with Crippen LogP contribution in [0.3, 0.4) is 0 Å². The van der Waals surface area contributed by atoms with Crippen LogP contribution in [0.4, 0.5) is 5.69 Å². The van der Waals surface area contributed by atoms with Crippen molar-refractivity contribution in [2.45, 2.75) is 65.3 Å². The predicted octanol–water partition coefficient (Wildman–Crippen LogP) is 5.51. The molecule has 0 saturated heterocycles. The van der Waals surface area contributed by atoms with Gasteiger partial charge in [-0.05, 0) is 62.3 Å². The predicted molar refractivity (Wildman–Crippen MR) is 126 cm³/mol. The van der Waals surface area contributed by atoms with Crippen LogP contribution < -0.4 is 4.90 Å². The zero-order valence-electron chi connectivity index (χ0n) is 18.8. The second-order valence-corrected chi connectivity index (χ2v) is 8.22. The van der Waals surface area contributed by atoms with Gasteiger partial charge in [-0.3, -0.25) is 9.78 Å². The summed E-state index contributed by atoms with van der Waals surface area (Å²) in [6, 6.07) is 10.3. The number of carbonyl (C=O) groups is 1. The standard InChI is InChI=1S/C26H34N4O/c1-22-10-7-11-23(2)26(22)30(18-6-4-3-5-17-29-19-16-28-21-29)25(31)14-8-12-24-13-9-15-27-20-24/h7,9-11,13,15-16,19-21H,3-6,8,12,14,17-18H2,1-2H3. The van der Waals surface area contributed by atoms with Gasteiger partial charge in [0, 0.05) is 50.0 Å². The van der Waals surface area contributed by atoms with Crippen LogP contribution in [0, 0.1) is 13.8 Å². The Morgan fingerprint density at radius 3 is 2.45 bits per heavy atom. The number of anilines is 1. The van der Waals surface area contributed by atoms with Gasteiger partial charge < -0.3 is 9.47 Å². The van der Waals surface area contributed by atoms with E-state index in [1.54, 1.807) is 6.20 Å². The third kappa shape index (κ3) is 7.06. The first-order valence-electron chi connectivity index (χ1n) is 11.4. The van der Waals surface area contributed by atoms with Crippen molar-refractivity contribution in [2.75, 3.05) is 11.4 Å². The molecule has 0 radical (unpaired) electrons. The first kappa shape index (κ1) is 22.7. The van der Waals surface area contributed by atoms with E-state index in [1.165, 1.54) is 16.7 Å². The van der Waals surface area contributed by atoms with E-state index in [1.807, 2.05) is 35.9 Å². The van der Waals surface area contributed by atoms with Crippen LogP contribution in [0.25, 0.3) is 0 Å². The number of carbonyl (C=O) groups excluding carboxylic acids is 1. The minimum absolute atomic E-state index is 0.222. The van der Waals surface area contributed by atoms with E-state index in [0.717, 1.165) is 57.3 Å². The summed E-state index contributed by atoms with van der Waals surface area (Å²) in [5.74, 6) is 0.222. The highest BCUT2D eigenvalue weighted by atomic mass is 16.2. The molecule has 3 rings (SSSR count). The summed E-state index contributed by atoms with van der Waals surface area (Å²) in [4.78, 5) is 23.5. The minimum atomic E-state index is 0.222. The highest BCUT2D eigenvalue weighted by Crippen LogP contribution is 2.26. The Labute approximate surface area is 186 Å². The zero-order chi connectivity index (χ0) is 21.9. The van der Waals surface area contributed by atoms with E-state index in [9.17, 15) is 4.79 Å². The molecule has 5 heteroatoms. The number of hydrogen-bond acceptors (Lipinski definition) is 3. The number of imidazole rings is 1. The molecule has 0 N–H and O–H groups in total. The molecule has 5 nitrogen and oxygen atoms in total. The number of rotatable bonds is 12. The Kier molecular flexibility index (Phi) is 8.83. The van der Waals surface area contributed by atoms with Crippen LogP contribution in [0.5, 0.6) is 0 Å². The molecule has 0 atom stereocenters. The van der Waals surface area contributed by atoms with E-state index in [0.29, 0.717) is 6.42 Å². The van der Waals surface area contributed by atoms with Gasteiger partial charge in [0.25, 0.3) is 0 Å². The van der Waals surface area contributed by atoms with Crippen molar-refractivity contribution in [1.29, 1.82) is 0 Å². The maximum atomic E-state index is 13.2. The molecule has 2 aromatic heterocycles. The molecule has 0 spiro atoms. The van der Waals surface area contributed by atoms with Crippen molar-refractivity contribution in [3.05, 3.63) is 78.1 Å². The van der Waals surface area contributed by atoms with Gasteiger partial charge in [-0.1, -0.05) is 37.1 Å². The van der Waals surface area contributed by atoms with E-state index >= 15 is 0 Å². The molecule has 0 unspecified atom stereocenters. The van der Waals surface area contributed by atoms with Crippen molar-refractivity contribution >= 4 is 11.6 Å². The van der Waals surface area contributed by atoms with Gasteiger partial charge in [-0.15, -0.1) is 0 Å². The molecule has 0 aliphatic rings. The van der Waals surface area contributed by atoms with E-state index in [-0.39, 0.29) is 5.91 Å². The van der Waals surface area contributed by atoms with Gasteiger partial charge in [0.05, 0.1) is 6.33 Å². The monoisotopic (exact) mass is 418 g/mol. The Morgan fingerprint density at radius 2 is 1.74 bits per heavy atom. The molecule has 3 aromatic rings. The van der Waals surface area contributed by atoms with Gasteiger partial charge in [-0.2, -0.15) is 0 Å². The van der Waals surface area contributed by atoms with Crippen LogP contribution >= 0.6 is 0 Å². The molecular formula is C26H34N4O. The number of hydrogen-bond donors (Lipinski definition) is 0. The Hall–Kier alpha value is -2.95. The van der Waals surface area contributed by atoms with Crippen molar-refractivity contribution in [2.24, 2.45) is 0 Å². The molecule has 0 aliphatic heterocycles. The lowest BCUT2D eigenvalue weighted by molar-refractivity contribution is -0.118. The molecule has 1 amide bonds. The maximum absolute atomic E-state index is 13.2. The van der Waals surface area contributed by atoms with Crippen LogP contribution in [0.1, 0.15) is 55.2 Å². The number of amides is 1. The topological polar surface area (TPSA) is 51.0 Å². The van der Waals surface area contributed by atoms with E-state index in [4.69, 9.17) is 0 Å². The minimum Gasteiger partial charge on any atom is -0.337 e. The average molecular weight is 419 g/mol. The number of pyridine rings is 1. The normalized spacial score (nSPS) is 10.9. The molecule has 1 aromatic carbocycles. The Morgan fingerprint density at radius 1 is 0.935 bits per heavy atom. The van der Waals surface area contributed by atoms with Gasteiger partial charge in [0.15, 0.2) is 0 Å². The second kappa shape index (κ2) is 12.0. The second-order valence-electron chi connectivity index (χ2n) is 8.22. The van der Waals surface area contributed by atoms with Crippen LogP contribution in [-0.4, -0.2) is 27.0 Å². The fourth-order valence-corrected chi connectivity index (χ4v) is 4.05. The fourth-order valence-electron chi connectivity index (χ4n) is 4.05. The smallest absolute Gasteiger partial charge is 0.227 e. The number of nitrogens with zero attached hydrogens (tertiary/aromatic N) is 4. The lowest BCUT2D eigenvalue weighted by Crippen LogP contribution is -2.33. The number of unbranched alkanes of at least 4 members (excludes halogenated alkanes) is 3. The summed E-state index contributed by atoms with van der Waals surface area (Å²) in [6.45, 7) is 5.99. The first-order valence-corrected chi connectivity index (χ1v) is 11.4. The molecular weight excluding hydrogens is 384 g/mol. The lowest BCUT2D eigenvalue weighted by Gasteiger charge is -2.26. The summed E-state index contributed by atoms with van der Waals surface area (Å²) >= 11 is 0. The molecule has 2 heterocycles. The van der Waals surface area contributed by atoms with E-state index < -0.39 is 0 Å². The third-order valence-corrected chi connectivity index (χ3v) is 5.70. The summed E-state index contributed by atoms with van der Waals surface area (Å²) in [6.07, 6.45) is 16.1. The summed E-state index contributed by atoms with van der Waals surface area (Å²) in [7, 11) is 0. The van der Waals surface area contributed by atoms with Crippen molar-refractivity contribution in [3.63, 3.8) is 0 Å². The van der Waals surface area contributed by atoms with Crippen LogP contribution in [0.2, 0.25) is 0 Å². The largest absolute Gasteiger partial charge is 0.337 e. The van der Waals surface area contributed by atoms with Gasteiger partial charge in [0.1, 0.15) is 0 Å². The van der Waals surface area contributed by atoms with Crippen molar-refractivity contribution in [1.82, 2.24) is 14.5 Å². The van der Waals surface area contributed by atoms with Gasteiger partial charge in [-0.25, -0.2) is 4.98 Å². The zero-order valence-corrected chi connectivity index (χ0v) is 18.8. The fraction of sp³-hybridized carbons (Fsp3) is 0.423. The number of aromatic nitrogens is 3. The molecule has 0 fully saturated rings. The highest BCUT2D eigenvalue weighted by Gasteiger charge is 2.18.